The molecule has 0 saturated carbocycles. The quantitative estimate of drug-likeness (QED) is 0.804. The van der Waals surface area contributed by atoms with Crippen molar-refractivity contribution >= 4 is 5.65 Å². The number of nitrogens with zero attached hydrogens (tertiary/aromatic N) is 2. The molecule has 0 spiro atoms. The Labute approximate surface area is 122 Å². The van der Waals surface area contributed by atoms with Gasteiger partial charge < -0.3 is 4.74 Å². The van der Waals surface area contributed by atoms with Crippen LogP contribution >= 0.6 is 0 Å². The van der Waals surface area contributed by atoms with Crippen LogP contribution in [0, 0.1) is 0 Å². The van der Waals surface area contributed by atoms with Crippen molar-refractivity contribution in [2.45, 2.75) is 19.8 Å². The summed E-state index contributed by atoms with van der Waals surface area (Å²) in [5.41, 5.74) is 3.24. The summed E-state index contributed by atoms with van der Waals surface area (Å²) >= 11 is 0. The third kappa shape index (κ3) is 2.31. The molecule has 0 amide bonds. The van der Waals surface area contributed by atoms with Crippen molar-refractivity contribution < 1.29 is 4.74 Å². The first-order valence-corrected chi connectivity index (χ1v) is 6.85. The van der Waals surface area contributed by atoms with Gasteiger partial charge in [-0.1, -0.05) is 26.0 Å². The second-order valence-electron chi connectivity index (χ2n) is 5.25. The van der Waals surface area contributed by atoms with Gasteiger partial charge in [0.1, 0.15) is 5.75 Å². The van der Waals surface area contributed by atoms with Gasteiger partial charge in [0.2, 0.25) is 0 Å². The average Bonchev–Trinajstić information content (AvgIpc) is 2.91. The summed E-state index contributed by atoms with van der Waals surface area (Å²) in [6.07, 6.45) is 1.80. The van der Waals surface area contributed by atoms with Crippen molar-refractivity contribution in [3.63, 3.8) is 0 Å². The lowest BCUT2D eigenvalue weighted by Gasteiger charge is -2.05. The Morgan fingerprint density at radius 1 is 1.24 bits per heavy atom. The molecular formula is C16H17N3O2. The van der Waals surface area contributed by atoms with E-state index in [9.17, 15) is 4.79 Å². The lowest BCUT2D eigenvalue weighted by Crippen LogP contribution is -2.16. The Morgan fingerprint density at radius 2 is 1.95 bits per heavy atom. The minimum atomic E-state index is -0.0940. The molecule has 108 valence electrons. The number of H-pyrrole nitrogens is 1. The molecule has 0 aliphatic carbocycles. The largest absolute Gasteiger partial charge is 0.497 e. The number of benzene rings is 1. The van der Waals surface area contributed by atoms with E-state index in [2.05, 4.69) is 10.1 Å². The first kappa shape index (κ1) is 13.4. The van der Waals surface area contributed by atoms with Crippen LogP contribution in [0.3, 0.4) is 0 Å². The van der Waals surface area contributed by atoms with Crippen molar-refractivity contribution in [3.8, 4) is 16.9 Å². The van der Waals surface area contributed by atoms with Crippen LogP contribution in [0.4, 0.5) is 0 Å². The van der Waals surface area contributed by atoms with Crippen LogP contribution in [-0.2, 0) is 0 Å². The molecule has 2 heterocycles. The number of hydrogen-bond acceptors (Lipinski definition) is 3. The average molecular weight is 283 g/mol. The van der Waals surface area contributed by atoms with Gasteiger partial charge in [-0.2, -0.15) is 0 Å². The SMILES string of the molecule is COc1ccc(-c2c[nH]n3c(=O)cc(C(C)C)nc23)cc1. The van der Waals surface area contributed by atoms with Crippen LogP contribution in [0.25, 0.3) is 16.8 Å². The smallest absolute Gasteiger partial charge is 0.272 e. The molecule has 0 aliphatic heterocycles. The highest BCUT2D eigenvalue weighted by Gasteiger charge is 2.12. The van der Waals surface area contributed by atoms with Gasteiger partial charge in [-0.05, 0) is 23.6 Å². The highest BCUT2D eigenvalue weighted by Crippen LogP contribution is 2.25. The first-order chi connectivity index (χ1) is 10.1. The van der Waals surface area contributed by atoms with E-state index in [0.717, 1.165) is 22.6 Å². The summed E-state index contributed by atoms with van der Waals surface area (Å²) in [5, 5.41) is 2.96. The summed E-state index contributed by atoms with van der Waals surface area (Å²) in [7, 11) is 1.64. The molecule has 0 fully saturated rings. The fourth-order valence-electron chi connectivity index (χ4n) is 2.28. The van der Waals surface area contributed by atoms with Gasteiger partial charge in [-0.15, -0.1) is 0 Å². The zero-order valence-corrected chi connectivity index (χ0v) is 12.3. The Kier molecular flexibility index (Phi) is 3.25. The fourth-order valence-corrected chi connectivity index (χ4v) is 2.28. The van der Waals surface area contributed by atoms with E-state index in [1.54, 1.807) is 19.4 Å². The Bertz CT molecular complexity index is 829. The van der Waals surface area contributed by atoms with Crippen molar-refractivity contribution in [1.82, 2.24) is 14.6 Å². The van der Waals surface area contributed by atoms with Gasteiger partial charge in [-0.25, -0.2) is 9.50 Å². The molecule has 3 rings (SSSR count). The molecular weight excluding hydrogens is 266 g/mol. The maximum Gasteiger partial charge on any atom is 0.272 e. The number of nitrogens with one attached hydrogen (secondary N) is 1. The van der Waals surface area contributed by atoms with Gasteiger partial charge in [0.15, 0.2) is 5.65 Å². The van der Waals surface area contributed by atoms with Gasteiger partial charge in [0.05, 0.1) is 12.8 Å². The van der Waals surface area contributed by atoms with Crippen LogP contribution in [0.15, 0.2) is 41.3 Å². The molecule has 0 aliphatic rings. The molecule has 0 radical (unpaired) electrons. The normalized spacial score (nSPS) is 11.2. The first-order valence-electron chi connectivity index (χ1n) is 6.85. The second-order valence-corrected chi connectivity index (χ2v) is 5.25. The zero-order valence-electron chi connectivity index (χ0n) is 12.3. The van der Waals surface area contributed by atoms with Crippen LogP contribution in [-0.4, -0.2) is 21.7 Å². The van der Waals surface area contributed by atoms with E-state index in [1.165, 1.54) is 4.52 Å². The molecule has 1 aromatic carbocycles. The number of aromatic nitrogens is 3. The highest BCUT2D eigenvalue weighted by molar-refractivity contribution is 5.77. The molecule has 0 unspecified atom stereocenters. The van der Waals surface area contributed by atoms with E-state index < -0.39 is 0 Å². The lowest BCUT2D eigenvalue weighted by molar-refractivity contribution is 0.415. The van der Waals surface area contributed by atoms with E-state index in [0.29, 0.717) is 5.65 Å². The maximum atomic E-state index is 12.1. The molecule has 5 heteroatoms. The minimum Gasteiger partial charge on any atom is -0.497 e. The lowest BCUT2D eigenvalue weighted by atomic mass is 10.1. The summed E-state index contributed by atoms with van der Waals surface area (Å²) in [5.74, 6) is 1.01. The molecule has 3 aromatic rings. The number of hydrogen-bond donors (Lipinski definition) is 1. The summed E-state index contributed by atoms with van der Waals surface area (Å²) in [6, 6.07) is 9.27. The van der Waals surface area contributed by atoms with Gasteiger partial charge in [0, 0.05) is 17.8 Å². The molecule has 2 aromatic heterocycles. The van der Waals surface area contributed by atoms with Crippen molar-refractivity contribution in [2.24, 2.45) is 0 Å². The number of fused-ring (bicyclic) bond motifs is 1. The fraction of sp³-hybridized carbons (Fsp3) is 0.250. The molecule has 0 atom stereocenters. The monoisotopic (exact) mass is 283 g/mol. The second kappa shape index (κ2) is 5.09. The summed E-state index contributed by atoms with van der Waals surface area (Å²) in [6.45, 7) is 4.05. The van der Waals surface area contributed by atoms with Crippen LogP contribution in [0.1, 0.15) is 25.5 Å². The van der Waals surface area contributed by atoms with E-state index >= 15 is 0 Å². The van der Waals surface area contributed by atoms with Gasteiger partial charge in [-0.3, -0.25) is 9.89 Å². The summed E-state index contributed by atoms with van der Waals surface area (Å²) < 4.78 is 6.63. The van der Waals surface area contributed by atoms with Gasteiger partial charge >= 0.3 is 0 Å². The number of methoxy groups -OCH3 is 1. The third-order valence-corrected chi connectivity index (χ3v) is 3.51. The van der Waals surface area contributed by atoms with Crippen LogP contribution in [0.2, 0.25) is 0 Å². The molecule has 5 nitrogen and oxygen atoms in total. The molecule has 21 heavy (non-hydrogen) atoms. The Morgan fingerprint density at radius 3 is 2.57 bits per heavy atom. The number of rotatable bonds is 3. The van der Waals surface area contributed by atoms with E-state index in [-0.39, 0.29) is 11.5 Å². The third-order valence-electron chi connectivity index (χ3n) is 3.51. The summed E-state index contributed by atoms with van der Waals surface area (Å²) in [4.78, 5) is 16.7. The van der Waals surface area contributed by atoms with E-state index in [1.807, 2.05) is 38.1 Å². The Hall–Kier alpha value is -2.56. The molecule has 0 saturated heterocycles. The predicted molar refractivity (Wildman–Crippen MR) is 81.9 cm³/mol. The van der Waals surface area contributed by atoms with E-state index in [4.69, 9.17) is 4.74 Å². The van der Waals surface area contributed by atoms with Crippen LogP contribution < -0.4 is 10.3 Å². The molecule has 0 bridgehead atoms. The predicted octanol–water partition coefficient (Wildman–Crippen LogP) is 2.82. The number of ether oxygens (including phenoxy) is 1. The minimum absolute atomic E-state index is 0.0940. The maximum absolute atomic E-state index is 12.1. The van der Waals surface area contributed by atoms with Crippen molar-refractivity contribution in [3.05, 3.63) is 52.6 Å². The van der Waals surface area contributed by atoms with Crippen LogP contribution in [0.5, 0.6) is 5.75 Å². The van der Waals surface area contributed by atoms with Gasteiger partial charge in [0.25, 0.3) is 5.56 Å². The Balaban J connectivity index is 2.20. The topological polar surface area (TPSA) is 59.4 Å². The zero-order chi connectivity index (χ0) is 15.0. The number of aromatic amines is 1. The van der Waals surface area contributed by atoms with Crippen molar-refractivity contribution in [2.75, 3.05) is 7.11 Å². The molecule has 1 N–H and O–H groups in total. The van der Waals surface area contributed by atoms with Crippen molar-refractivity contribution in [1.29, 1.82) is 0 Å². The standard InChI is InChI=1S/C16H17N3O2/c1-10(2)14-8-15(20)19-16(18-14)13(9-17-19)11-4-6-12(21-3)7-5-11/h4-10,17H,1-3H3. The highest BCUT2D eigenvalue weighted by atomic mass is 16.5.